The minimum absolute atomic E-state index is 0.0309. The van der Waals surface area contributed by atoms with Crippen molar-refractivity contribution in [3.63, 3.8) is 0 Å². The van der Waals surface area contributed by atoms with E-state index in [9.17, 15) is 14.7 Å². The monoisotopic (exact) mass is 286 g/mol. The highest BCUT2D eigenvalue weighted by molar-refractivity contribution is 6.09. The molecule has 0 unspecified atom stereocenters. The number of aromatic hydroxyl groups is 1. The Labute approximate surface area is 121 Å². The Bertz CT molecular complexity index is 675. The van der Waals surface area contributed by atoms with Crippen molar-refractivity contribution < 1.29 is 19.4 Å². The summed E-state index contributed by atoms with van der Waals surface area (Å²) in [6, 6.07) is 4.00. The van der Waals surface area contributed by atoms with Crippen molar-refractivity contribution in [3.8, 4) is 5.75 Å². The van der Waals surface area contributed by atoms with Crippen molar-refractivity contribution in [2.24, 2.45) is 0 Å². The molecule has 0 aliphatic rings. The van der Waals surface area contributed by atoms with Gasteiger partial charge in [0.05, 0.1) is 17.7 Å². The maximum Gasteiger partial charge on any atom is 0.338 e. The van der Waals surface area contributed by atoms with Crippen LogP contribution < -0.4 is 0 Å². The molecule has 1 heterocycles. The maximum absolute atomic E-state index is 12.1. The molecule has 0 fully saturated rings. The quantitative estimate of drug-likeness (QED) is 0.499. The minimum Gasteiger partial charge on any atom is -0.507 e. The van der Waals surface area contributed by atoms with Crippen molar-refractivity contribution in [3.05, 3.63) is 53.6 Å². The van der Waals surface area contributed by atoms with E-state index < -0.39 is 11.8 Å². The summed E-state index contributed by atoms with van der Waals surface area (Å²) < 4.78 is 4.86. The number of phenols is 1. The number of imidazole rings is 1. The van der Waals surface area contributed by atoms with Gasteiger partial charge < -0.3 is 14.8 Å². The molecule has 0 amide bonds. The van der Waals surface area contributed by atoms with Gasteiger partial charge in [0.15, 0.2) is 5.78 Å². The Morgan fingerprint density at radius 2 is 2.24 bits per heavy atom. The number of ketones is 1. The fraction of sp³-hybridized carbons (Fsp3) is 0.133. The summed E-state index contributed by atoms with van der Waals surface area (Å²) in [6.07, 6.45) is 5.94. The summed E-state index contributed by atoms with van der Waals surface area (Å²) in [5.74, 6) is -0.654. The number of benzene rings is 1. The Kier molecular flexibility index (Phi) is 4.50. The van der Waals surface area contributed by atoms with Gasteiger partial charge in [-0.2, -0.15) is 0 Å². The second-order valence-electron chi connectivity index (χ2n) is 4.12. The number of phenolic OH excluding ortho intramolecular Hbond substituents is 1. The van der Waals surface area contributed by atoms with E-state index in [1.807, 2.05) is 0 Å². The van der Waals surface area contributed by atoms with Crippen LogP contribution in [0.25, 0.3) is 6.08 Å². The standard InChI is InChI=1S/C15H14N2O4/c1-2-21-15(20)10-3-4-12(18)11(9-10)13(19)5-6-14-16-7-8-17-14/h3-9,18H,2H2,1H3,(H,16,17)/b6-5+. The number of allylic oxidation sites excluding steroid dienone is 1. The van der Waals surface area contributed by atoms with Crippen LogP contribution in [0.4, 0.5) is 0 Å². The number of ether oxygens (including phenoxy) is 1. The van der Waals surface area contributed by atoms with E-state index in [0.29, 0.717) is 5.82 Å². The van der Waals surface area contributed by atoms with Crippen LogP contribution in [0.5, 0.6) is 5.75 Å². The third-order valence-electron chi connectivity index (χ3n) is 2.69. The largest absolute Gasteiger partial charge is 0.507 e. The summed E-state index contributed by atoms with van der Waals surface area (Å²) in [6.45, 7) is 1.93. The van der Waals surface area contributed by atoms with Gasteiger partial charge >= 0.3 is 5.97 Å². The van der Waals surface area contributed by atoms with E-state index in [1.54, 1.807) is 19.3 Å². The van der Waals surface area contributed by atoms with Crippen LogP contribution in [-0.4, -0.2) is 33.4 Å². The predicted molar refractivity (Wildman–Crippen MR) is 76.0 cm³/mol. The number of esters is 1. The molecule has 2 N–H and O–H groups in total. The fourth-order valence-electron chi connectivity index (χ4n) is 1.69. The highest BCUT2D eigenvalue weighted by atomic mass is 16.5. The number of carbonyl (C=O) groups is 2. The second kappa shape index (κ2) is 6.51. The van der Waals surface area contributed by atoms with E-state index in [-0.39, 0.29) is 23.5 Å². The van der Waals surface area contributed by atoms with Crippen LogP contribution >= 0.6 is 0 Å². The van der Waals surface area contributed by atoms with Crippen LogP contribution in [0, 0.1) is 0 Å². The zero-order valence-corrected chi connectivity index (χ0v) is 11.4. The Hall–Kier alpha value is -2.89. The van der Waals surface area contributed by atoms with Crippen molar-refractivity contribution >= 4 is 17.8 Å². The van der Waals surface area contributed by atoms with E-state index in [0.717, 1.165) is 0 Å². The smallest absolute Gasteiger partial charge is 0.338 e. The molecule has 0 aliphatic carbocycles. The minimum atomic E-state index is -0.540. The average Bonchev–Trinajstić information content (AvgIpc) is 2.98. The van der Waals surface area contributed by atoms with Gasteiger partial charge in [-0.25, -0.2) is 9.78 Å². The van der Waals surface area contributed by atoms with Crippen molar-refractivity contribution in [1.29, 1.82) is 0 Å². The number of rotatable bonds is 5. The molecule has 0 spiro atoms. The third kappa shape index (κ3) is 3.56. The number of H-pyrrole nitrogens is 1. The Balaban J connectivity index is 2.23. The van der Waals surface area contributed by atoms with E-state index in [2.05, 4.69) is 9.97 Å². The molecule has 0 aliphatic heterocycles. The van der Waals surface area contributed by atoms with Gasteiger partial charge in [-0.05, 0) is 37.3 Å². The van der Waals surface area contributed by atoms with Crippen LogP contribution in [0.3, 0.4) is 0 Å². The number of aromatic amines is 1. The molecule has 0 atom stereocenters. The van der Waals surface area contributed by atoms with Crippen LogP contribution in [-0.2, 0) is 4.74 Å². The average molecular weight is 286 g/mol. The summed E-state index contributed by atoms with van der Waals surface area (Å²) in [5, 5.41) is 9.74. The second-order valence-corrected chi connectivity index (χ2v) is 4.12. The van der Waals surface area contributed by atoms with Crippen molar-refractivity contribution in [1.82, 2.24) is 9.97 Å². The highest BCUT2D eigenvalue weighted by Gasteiger charge is 2.14. The Morgan fingerprint density at radius 3 is 2.90 bits per heavy atom. The lowest BCUT2D eigenvalue weighted by atomic mass is 10.1. The van der Waals surface area contributed by atoms with Crippen LogP contribution in [0.1, 0.15) is 33.5 Å². The first-order chi connectivity index (χ1) is 10.1. The molecule has 21 heavy (non-hydrogen) atoms. The number of hydrogen-bond acceptors (Lipinski definition) is 5. The molecule has 0 saturated carbocycles. The molecule has 1 aromatic heterocycles. The molecular formula is C15H14N2O4. The summed E-state index contributed by atoms with van der Waals surface area (Å²) in [4.78, 5) is 30.4. The molecule has 1 aromatic carbocycles. The lowest BCUT2D eigenvalue weighted by Gasteiger charge is -2.05. The maximum atomic E-state index is 12.1. The summed E-state index contributed by atoms with van der Waals surface area (Å²) in [5.41, 5.74) is 0.243. The van der Waals surface area contributed by atoms with Gasteiger partial charge in [-0.1, -0.05) is 0 Å². The molecule has 6 heteroatoms. The van der Waals surface area contributed by atoms with Gasteiger partial charge in [0.1, 0.15) is 11.6 Å². The summed E-state index contributed by atoms with van der Waals surface area (Å²) >= 11 is 0. The third-order valence-corrected chi connectivity index (χ3v) is 2.69. The van der Waals surface area contributed by atoms with Crippen molar-refractivity contribution in [2.75, 3.05) is 6.61 Å². The topological polar surface area (TPSA) is 92.3 Å². The predicted octanol–water partition coefficient (Wildman–Crippen LogP) is 2.19. The number of aromatic nitrogens is 2. The van der Waals surface area contributed by atoms with E-state index >= 15 is 0 Å². The van der Waals surface area contributed by atoms with Gasteiger partial charge in [0, 0.05) is 12.4 Å². The molecule has 0 radical (unpaired) electrons. The zero-order valence-electron chi connectivity index (χ0n) is 11.4. The number of nitrogens with one attached hydrogen (secondary N) is 1. The molecule has 6 nitrogen and oxygen atoms in total. The molecule has 2 rings (SSSR count). The first-order valence-electron chi connectivity index (χ1n) is 6.33. The van der Waals surface area contributed by atoms with Crippen molar-refractivity contribution in [2.45, 2.75) is 6.92 Å². The number of hydrogen-bond donors (Lipinski definition) is 2. The van der Waals surface area contributed by atoms with Crippen LogP contribution in [0.15, 0.2) is 36.7 Å². The summed E-state index contributed by atoms with van der Waals surface area (Å²) in [7, 11) is 0. The normalized spacial score (nSPS) is 10.7. The fourth-order valence-corrected chi connectivity index (χ4v) is 1.69. The lowest BCUT2D eigenvalue weighted by Crippen LogP contribution is -2.06. The molecule has 2 aromatic rings. The lowest BCUT2D eigenvalue weighted by molar-refractivity contribution is 0.0526. The Morgan fingerprint density at radius 1 is 1.43 bits per heavy atom. The zero-order chi connectivity index (χ0) is 15.2. The van der Waals surface area contributed by atoms with Gasteiger partial charge in [0.2, 0.25) is 0 Å². The number of carbonyl (C=O) groups excluding carboxylic acids is 2. The SMILES string of the molecule is CCOC(=O)c1ccc(O)c(C(=O)/C=C/c2ncc[nH]2)c1. The van der Waals surface area contributed by atoms with Crippen LogP contribution in [0.2, 0.25) is 0 Å². The van der Waals surface area contributed by atoms with E-state index in [1.165, 1.54) is 30.4 Å². The molecule has 0 saturated heterocycles. The van der Waals surface area contributed by atoms with Gasteiger partial charge in [-0.15, -0.1) is 0 Å². The first kappa shape index (κ1) is 14.5. The molecule has 108 valence electrons. The molecule has 0 bridgehead atoms. The van der Waals surface area contributed by atoms with Gasteiger partial charge in [-0.3, -0.25) is 4.79 Å². The highest BCUT2D eigenvalue weighted by Crippen LogP contribution is 2.20. The number of nitrogens with zero attached hydrogens (tertiary/aromatic N) is 1. The first-order valence-corrected chi connectivity index (χ1v) is 6.33. The molecular weight excluding hydrogens is 272 g/mol. The van der Waals surface area contributed by atoms with Gasteiger partial charge in [0.25, 0.3) is 0 Å². The van der Waals surface area contributed by atoms with E-state index in [4.69, 9.17) is 4.74 Å².